The summed E-state index contributed by atoms with van der Waals surface area (Å²) in [7, 11) is 2.49. The minimum atomic E-state index is -4.48. The lowest BCUT2D eigenvalue weighted by molar-refractivity contribution is -0.138. The highest BCUT2D eigenvalue weighted by Gasteiger charge is 2.36. The Morgan fingerprint density at radius 3 is 2.11 bits per heavy atom. The Hall–Kier alpha value is -1.43. The molecule has 0 heterocycles. The molecule has 0 saturated carbocycles. The number of hydrogen-bond acceptors (Lipinski definition) is 3. The van der Waals surface area contributed by atoms with Crippen molar-refractivity contribution in [2.75, 3.05) is 20.8 Å². The summed E-state index contributed by atoms with van der Waals surface area (Å²) in [5.74, 6) is -0.329. The minimum absolute atomic E-state index is 0.0882. The number of methoxy groups -OCH3 is 2. The smallest absolute Gasteiger partial charge is 0.420 e. The highest BCUT2D eigenvalue weighted by Crippen LogP contribution is 2.44. The van der Waals surface area contributed by atoms with Gasteiger partial charge in [-0.05, 0) is 18.5 Å². The lowest BCUT2D eigenvalue weighted by Crippen LogP contribution is -2.13. The van der Waals surface area contributed by atoms with E-state index in [1.807, 2.05) is 6.92 Å². The van der Waals surface area contributed by atoms with E-state index in [2.05, 4.69) is 0 Å². The molecule has 0 radical (unpaired) electrons. The molecule has 1 aromatic rings. The quantitative estimate of drug-likeness (QED) is 0.908. The van der Waals surface area contributed by atoms with Crippen LogP contribution in [0.2, 0.25) is 0 Å². The molecular weight excluding hydrogens is 247 g/mol. The zero-order chi connectivity index (χ0) is 13.9. The second-order valence-corrected chi connectivity index (χ2v) is 3.90. The van der Waals surface area contributed by atoms with Crippen LogP contribution < -0.4 is 15.2 Å². The van der Waals surface area contributed by atoms with Crippen molar-refractivity contribution in [1.82, 2.24) is 0 Å². The molecule has 0 aliphatic rings. The highest BCUT2D eigenvalue weighted by atomic mass is 19.4. The van der Waals surface area contributed by atoms with E-state index >= 15 is 0 Å². The predicted molar refractivity (Wildman–Crippen MR) is 62.0 cm³/mol. The molecule has 0 bridgehead atoms. The minimum Gasteiger partial charge on any atom is -0.493 e. The maximum atomic E-state index is 12.8. The van der Waals surface area contributed by atoms with Gasteiger partial charge in [-0.25, -0.2) is 0 Å². The number of nitrogens with two attached hydrogens (primary N) is 1. The number of halogens is 3. The third-order valence-corrected chi connectivity index (χ3v) is 2.74. The first-order valence-corrected chi connectivity index (χ1v) is 5.38. The van der Waals surface area contributed by atoms with E-state index in [1.54, 1.807) is 0 Å². The van der Waals surface area contributed by atoms with Gasteiger partial charge in [0, 0.05) is 5.56 Å². The molecule has 1 rings (SSSR count). The lowest BCUT2D eigenvalue weighted by Gasteiger charge is -2.20. The van der Waals surface area contributed by atoms with Gasteiger partial charge >= 0.3 is 6.18 Å². The van der Waals surface area contributed by atoms with Gasteiger partial charge in [0.05, 0.1) is 14.2 Å². The number of hydrogen-bond donors (Lipinski definition) is 1. The lowest BCUT2D eigenvalue weighted by atomic mass is 9.97. The Kier molecular flexibility index (Phi) is 4.45. The van der Waals surface area contributed by atoms with Crippen molar-refractivity contribution >= 4 is 0 Å². The van der Waals surface area contributed by atoms with Gasteiger partial charge in [-0.15, -0.1) is 0 Å². The number of benzene rings is 1. The predicted octanol–water partition coefficient (Wildman–Crippen LogP) is 2.78. The van der Waals surface area contributed by atoms with Crippen LogP contribution in [0.4, 0.5) is 13.2 Å². The SMILES string of the molecule is COc1c(C(C)CN)ccc(C(F)(F)F)c1OC. The van der Waals surface area contributed by atoms with Crippen molar-refractivity contribution in [1.29, 1.82) is 0 Å². The molecule has 1 unspecified atom stereocenters. The summed E-state index contributed by atoms with van der Waals surface area (Å²) in [6.45, 7) is 2.12. The Morgan fingerprint density at radius 1 is 1.17 bits per heavy atom. The first kappa shape index (κ1) is 14.6. The summed E-state index contributed by atoms with van der Waals surface area (Å²) in [5.41, 5.74) is 5.27. The zero-order valence-electron chi connectivity index (χ0n) is 10.5. The van der Waals surface area contributed by atoms with Crippen LogP contribution in [0.5, 0.6) is 11.5 Å². The molecule has 0 saturated heterocycles. The van der Waals surface area contributed by atoms with Crippen LogP contribution >= 0.6 is 0 Å². The first-order valence-electron chi connectivity index (χ1n) is 5.38. The molecule has 1 atom stereocenters. The average Bonchev–Trinajstić information content (AvgIpc) is 2.34. The summed E-state index contributed by atoms with van der Waals surface area (Å²) in [6.07, 6.45) is -4.48. The molecule has 0 aromatic heterocycles. The van der Waals surface area contributed by atoms with Gasteiger partial charge in [-0.1, -0.05) is 13.0 Å². The molecule has 18 heavy (non-hydrogen) atoms. The van der Waals surface area contributed by atoms with Crippen LogP contribution in [0.15, 0.2) is 12.1 Å². The molecule has 3 nitrogen and oxygen atoms in total. The Bertz CT molecular complexity index is 419. The Balaban J connectivity index is 3.46. The largest absolute Gasteiger partial charge is 0.493 e. The molecule has 0 aliphatic heterocycles. The van der Waals surface area contributed by atoms with Crippen molar-refractivity contribution in [3.63, 3.8) is 0 Å². The summed E-state index contributed by atoms with van der Waals surface area (Å²) in [6, 6.07) is 2.37. The fourth-order valence-electron chi connectivity index (χ4n) is 1.73. The fourth-order valence-corrected chi connectivity index (χ4v) is 1.73. The third-order valence-electron chi connectivity index (χ3n) is 2.74. The average molecular weight is 263 g/mol. The molecule has 0 fully saturated rings. The third kappa shape index (κ3) is 2.69. The molecular formula is C12H16F3NO2. The van der Waals surface area contributed by atoms with E-state index in [-0.39, 0.29) is 17.4 Å². The van der Waals surface area contributed by atoms with E-state index in [0.717, 1.165) is 6.07 Å². The van der Waals surface area contributed by atoms with Gasteiger partial charge in [0.1, 0.15) is 5.56 Å². The van der Waals surface area contributed by atoms with Gasteiger partial charge in [0.15, 0.2) is 11.5 Å². The van der Waals surface area contributed by atoms with Crippen molar-refractivity contribution in [3.05, 3.63) is 23.3 Å². The van der Waals surface area contributed by atoms with Gasteiger partial charge in [0.25, 0.3) is 0 Å². The van der Waals surface area contributed by atoms with E-state index in [0.29, 0.717) is 12.1 Å². The molecule has 1 aromatic carbocycles. The Morgan fingerprint density at radius 2 is 1.72 bits per heavy atom. The van der Waals surface area contributed by atoms with Gasteiger partial charge < -0.3 is 15.2 Å². The molecule has 102 valence electrons. The molecule has 0 spiro atoms. The van der Waals surface area contributed by atoms with Gasteiger partial charge in [-0.3, -0.25) is 0 Å². The second-order valence-electron chi connectivity index (χ2n) is 3.90. The first-order chi connectivity index (χ1) is 8.36. The van der Waals surface area contributed by atoms with E-state index in [4.69, 9.17) is 15.2 Å². The zero-order valence-corrected chi connectivity index (χ0v) is 10.5. The molecule has 2 N–H and O–H groups in total. The van der Waals surface area contributed by atoms with Crippen molar-refractivity contribution in [3.8, 4) is 11.5 Å². The highest BCUT2D eigenvalue weighted by molar-refractivity contribution is 5.54. The van der Waals surface area contributed by atoms with Crippen LogP contribution in [-0.2, 0) is 6.18 Å². The van der Waals surface area contributed by atoms with E-state index in [1.165, 1.54) is 20.3 Å². The molecule has 6 heteroatoms. The van der Waals surface area contributed by atoms with Crippen molar-refractivity contribution in [2.24, 2.45) is 5.73 Å². The second kappa shape index (κ2) is 5.48. The van der Waals surface area contributed by atoms with E-state index in [9.17, 15) is 13.2 Å². The van der Waals surface area contributed by atoms with Crippen LogP contribution in [0.3, 0.4) is 0 Å². The standard InChI is InChI=1S/C12H16F3NO2/c1-7(6-16)8-4-5-9(12(13,14)15)11(18-3)10(8)17-2/h4-5,7H,6,16H2,1-3H3. The maximum Gasteiger partial charge on any atom is 0.420 e. The molecule has 0 amide bonds. The van der Waals surface area contributed by atoms with Gasteiger partial charge in [0.2, 0.25) is 0 Å². The van der Waals surface area contributed by atoms with Crippen LogP contribution in [0.1, 0.15) is 24.0 Å². The Labute approximate surface area is 104 Å². The fraction of sp³-hybridized carbons (Fsp3) is 0.500. The van der Waals surface area contributed by atoms with Crippen LogP contribution in [0.25, 0.3) is 0 Å². The number of ether oxygens (including phenoxy) is 2. The summed E-state index contributed by atoms with van der Waals surface area (Å²) in [5, 5.41) is 0. The summed E-state index contributed by atoms with van der Waals surface area (Å²) >= 11 is 0. The van der Waals surface area contributed by atoms with Crippen LogP contribution in [-0.4, -0.2) is 20.8 Å². The number of rotatable bonds is 4. The van der Waals surface area contributed by atoms with Crippen LogP contribution in [0, 0.1) is 0 Å². The topological polar surface area (TPSA) is 44.5 Å². The normalized spacial score (nSPS) is 13.3. The molecule has 0 aliphatic carbocycles. The summed E-state index contributed by atoms with van der Waals surface area (Å²) in [4.78, 5) is 0. The monoisotopic (exact) mass is 263 g/mol. The van der Waals surface area contributed by atoms with E-state index < -0.39 is 11.7 Å². The van der Waals surface area contributed by atoms with Gasteiger partial charge in [-0.2, -0.15) is 13.2 Å². The number of alkyl halides is 3. The van der Waals surface area contributed by atoms with Crippen molar-refractivity contribution in [2.45, 2.75) is 19.0 Å². The summed E-state index contributed by atoms with van der Waals surface area (Å²) < 4.78 is 48.3. The maximum absolute atomic E-state index is 12.8. The van der Waals surface area contributed by atoms with Crippen molar-refractivity contribution < 1.29 is 22.6 Å².